The van der Waals surface area contributed by atoms with Gasteiger partial charge in [-0.1, -0.05) is 19.9 Å². The fourth-order valence-corrected chi connectivity index (χ4v) is 3.12. The Labute approximate surface area is 141 Å². The zero-order valence-electron chi connectivity index (χ0n) is 14.1. The van der Waals surface area contributed by atoms with E-state index in [1.54, 1.807) is 0 Å². The molecule has 1 saturated heterocycles. The number of ether oxygens (including phenoxy) is 1. The zero-order valence-corrected chi connectivity index (χ0v) is 14.1. The SMILES string of the molecule is CC(C)C1CC(CC(=O)NC(CO)c2c(F)cccc2F)CCO1. The number of benzene rings is 1. The van der Waals surface area contributed by atoms with E-state index in [4.69, 9.17) is 4.74 Å². The predicted octanol–water partition coefficient (Wildman–Crippen LogP) is 2.96. The summed E-state index contributed by atoms with van der Waals surface area (Å²) < 4.78 is 33.3. The highest BCUT2D eigenvalue weighted by Gasteiger charge is 2.28. The van der Waals surface area contributed by atoms with Gasteiger partial charge in [-0.05, 0) is 36.8 Å². The first-order chi connectivity index (χ1) is 11.4. The topological polar surface area (TPSA) is 58.6 Å². The molecule has 2 N–H and O–H groups in total. The third-order valence-corrected chi connectivity index (χ3v) is 4.51. The van der Waals surface area contributed by atoms with Gasteiger partial charge >= 0.3 is 0 Å². The van der Waals surface area contributed by atoms with Crippen LogP contribution in [0.1, 0.15) is 44.7 Å². The molecule has 0 aliphatic carbocycles. The van der Waals surface area contributed by atoms with E-state index in [0.717, 1.165) is 25.0 Å². The number of halogens is 2. The number of aliphatic hydroxyl groups excluding tert-OH is 1. The average Bonchev–Trinajstić information content (AvgIpc) is 2.53. The summed E-state index contributed by atoms with van der Waals surface area (Å²) >= 11 is 0. The van der Waals surface area contributed by atoms with E-state index in [9.17, 15) is 18.7 Å². The van der Waals surface area contributed by atoms with Crippen molar-refractivity contribution >= 4 is 5.91 Å². The van der Waals surface area contributed by atoms with Crippen LogP contribution >= 0.6 is 0 Å². The molecular formula is C18H25F2NO3. The minimum absolute atomic E-state index is 0.134. The van der Waals surface area contributed by atoms with Crippen molar-refractivity contribution < 1.29 is 23.4 Å². The van der Waals surface area contributed by atoms with Crippen LogP contribution in [0.15, 0.2) is 18.2 Å². The Morgan fingerprint density at radius 2 is 2.04 bits per heavy atom. The van der Waals surface area contributed by atoms with Crippen LogP contribution in [0.25, 0.3) is 0 Å². The van der Waals surface area contributed by atoms with Crippen LogP contribution in [0.5, 0.6) is 0 Å². The molecule has 3 atom stereocenters. The van der Waals surface area contributed by atoms with Crippen molar-refractivity contribution in [3.63, 3.8) is 0 Å². The largest absolute Gasteiger partial charge is 0.394 e. The number of hydrogen-bond acceptors (Lipinski definition) is 3. The fourth-order valence-electron chi connectivity index (χ4n) is 3.12. The highest BCUT2D eigenvalue weighted by Crippen LogP contribution is 2.28. The molecule has 1 fully saturated rings. The molecule has 1 aromatic rings. The van der Waals surface area contributed by atoms with Crippen molar-refractivity contribution in [2.75, 3.05) is 13.2 Å². The Bertz CT molecular complexity index is 545. The number of carbonyl (C=O) groups excluding carboxylic acids is 1. The second-order valence-corrected chi connectivity index (χ2v) is 6.69. The molecule has 2 rings (SSSR count). The molecule has 3 unspecified atom stereocenters. The lowest BCUT2D eigenvalue weighted by atomic mass is 9.88. The van der Waals surface area contributed by atoms with Gasteiger partial charge in [-0.3, -0.25) is 4.79 Å². The normalized spacial score (nSPS) is 22.4. The van der Waals surface area contributed by atoms with Crippen molar-refractivity contribution in [3.05, 3.63) is 35.4 Å². The molecule has 1 aliphatic heterocycles. The highest BCUT2D eigenvalue weighted by molar-refractivity contribution is 5.76. The summed E-state index contributed by atoms with van der Waals surface area (Å²) in [5, 5.41) is 12.0. The molecule has 0 radical (unpaired) electrons. The molecule has 0 saturated carbocycles. The number of carbonyl (C=O) groups is 1. The summed E-state index contributed by atoms with van der Waals surface area (Å²) in [4.78, 5) is 12.2. The van der Waals surface area contributed by atoms with Crippen molar-refractivity contribution in [2.24, 2.45) is 11.8 Å². The molecule has 1 amide bonds. The van der Waals surface area contributed by atoms with E-state index in [2.05, 4.69) is 19.2 Å². The Morgan fingerprint density at radius 3 is 2.62 bits per heavy atom. The van der Waals surface area contributed by atoms with E-state index in [1.165, 1.54) is 6.07 Å². The van der Waals surface area contributed by atoms with Crippen LogP contribution in [0, 0.1) is 23.5 Å². The second kappa shape index (κ2) is 8.53. The minimum Gasteiger partial charge on any atom is -0.394 e. The van der Waals surface area contributed by atoms with Crippen LogP contribution in [0.4, 0.5) is 8.78 Å². The number of aliphatic hydroxyl groups is 1. The Kier molecular flexibility index (Phi) is 6.69. The maximum absolute atomic E-state index is 13.8. The third-order valence-electron chi connectivity index (χ3n) is 4.51. The van der Waals surface area contributed by atoms with Gasteiger partial charge < -0.3 is 15.2 Å². The molecule has 24 heavy (non-hydrogen) atoms. The molecule has 1 aliphatic rings. The number of amides is 1. The molecular weight excluding hydrogens is 316 g/mol. The first kappa shape index (κ1) is 18.8. The quantitative estimate of drug-likeness (QED) is 0.836. The lowest BCUT2D eigenvalue weighted by Crippen LogP contribution is -2.36. The Hall–Kier alpha value is -1.53. The molecule has 134 valence electrons. The van der Waals surface area contributed by atoms with E-state index in [-0.39, 0.29) is 29.9 Å². The summed E-state index contributed by atoms with van der Waals surface area (Å²) in [6, 6.07) is 2.38. The van der Waals surface area contributed by atoms with E-state index < -0.39 is 24.3 Å². The van der Waals surface area contributed by atoms with Gasteiger partial charge in [-0.25, -0.2) is 8.78 Å². The monoisotopic (exact) mass is 341 g/mol. The molecule has 1 heterocycles. The van der Waals surface area contributed by atoms with Crippen LogP contribution in [-0.4, -0.2) is 30.3 Å². The van der Waals surface area contributed by atoms with Gasteiger partial charge in [0.15, 0.2) is 0 Å². The van der Waals surface area contributed by atoms with Crippen LogP contribution < -0.4 is 5.32 Å². The van der Waals surface area contributed by atoms with Gasteiger partial charge in [0.2, 0.25) is 5.91 Å². The lowest BCUT2D eigenvalue weighted by molar-refractivity contribution is -0.124. The van der Waals surface area contributed by atoms with Crippen molar-refractivity contribution in [1.29, 1.82) is 0 Å². The van der Waals surface area contributed by atoms with Crippen LogP contribution in [0.2, 0.25) is 0 Å². The van der Waals surface area contributed by atoms with E-state index in [1.807, 2.05) is 0 Å². The Morgan fingerprint density at radius 1 is 1.38 bits per heavy atom. The summed E-state index contributed by atoms with van der Waals surface area (Å²) in [7, 11) is 0. The smallest absolute Gasteiger partial charge is 0.220 e. The van der Waals surface area contributed by atoms with Crippen molar-refractivity contribution in [3.8, 4) is 0 Å². The van der Waals surface area contributed by atoms with E-state index >= 15 is 0 Å². The highest BCUT2D eigenvalue weighted by atomic mass is 19.1. The summed E-state index contributed by atoms with van der Waals surface area (Å²) in [5.74, 6) is -1.31. The van der Waals surface area contributed by atoms with Gasteiger partial charge in [0.25, 0.3) is 0 Å². The number of rotatable bonds is 6. The predicted molar refractivity (Wildman–Crippen MR) is 86.2 cm³/mol. The minimum atomic E-state index is -1.08. The lowest BCUT2D eigenvalue weighted by Gasteiger charge is -2.32. The van der Waals surface area contributed by atoms with Gasteiger partial charge in [-0.15, -0.1) is 0 Å². The fraction of sp³-hybridized carbons (Fsp3) is 0.611. The third kappa shape index (κ3) is 4.74. The summed E-state index contributed by atoms with van der Waals surface area (Å²) in [5.41, 5.74) is -0.305. The molecule has 1 aromatic carbocycles. The molecule has 6 heteroatoms. The van der Waals surface area contributed by atoms with Gasteiger partial charge in [0.1, 0.15) is 11.6 Å². The summed E-state index contributed by atoms with van der Waals surface area (Å²) in [6.07, 6.45) is 1.98. The van der Waals surface area contributed by atoms with Crippen molar-refractivity contribution in [2.45, 2.75) is 45.3 Å². The number of hydrogen-bond donors (Lipinski definition) is 2. The first-order valence-corrected chi connectivity index (χ1v) is 8.38. The molecule has 0 aromatic heterocycles. The maximum atomic E-state index is 13.8. The summed E-state index contributed by atoms with van der Waals surface area (Å²) in [6.45, 7) is 4.21. The van der Waals surface area contributed by atoms with Gasteiger partial charge in [0, 0.05) is 18.6 Å². The zero-order chi connectivity index (χ0) is 17.7. The maximum Gasteiger partial charge on any atom is 0.220 e. The van der Waals surface area contributed by atoms with Crippen LogP contribution in [-0.2, 0) is 9.53 Å². The molecule has 4 nitrogen and oxygen atoms in total. The standard InChI is InChI=1S/C18H25F2NO3/c1-11(2)16-8-12(6-7-24-16)9-17(23)21-15(10-22)18-13(19)4-3-5-14(18)20/h3-5,11-12,15-16,22H,6-10H2,1-2H3,(H,21,23). The molecule has 0 bridgehead atoms. The molecule has 0 spiro atoms. The van der Waals surface area contributed by atoms with Crippen molar-refractivity contribution in [1.82, 2.24) is 5.32 Å². The van der Waals surface area contributed by atoms with Gasteiger partial charge in [-0.2, -0.15) is 0 Å². The van der Waals surface area contributed by atoms with Gasteiger partial charge in [0.05, 0.1) is 18.8 Å². The average molecular weight is 341 g/mol. The first-order valence-electron chi connectivity index (χ1n) is 8.38. The van der Waals surface area contributed by atoms with Crippen LogP contribution in [0.3, 0.4) is 0 Å². The second-order valence-electron chi connectivity index (χ2n) is 6.69. The van der Waals surface area contributed by atoms with E-state index in [0.29, 0.717) is 12.5 Å². The number of nitrogens with one attached hydrogen (secondary N) is 1. The Balaban J connectivity index is 1.97.